The maximum absolute atomic E-state index is 5.13. The SMILES string of the molecule is CNC1CCC23CC24CCC2(C)C(/C(C)=N\OC)=CCC2C4CCC3C1(C)C. The highest BCUT2D eigenvalue weighted by Gasteiger charge is 2.79. The van der Waals surface area contributed by atoms with Gasteiger partial charge in [0.15, 0.2) is 0 Å². The van der Waals surface area contributed by atoms with Crippen LogP contribution in [0.15, 0.2) is 16.8 Å². The van der Waals surface area contributed by atoms with Crippen molar-refractivity contribution in [2.45, 2.75) is 85.1 Å². The molecule has 0 saturated heterocycles. The number of hydrogen-bond acceptors (Lipinski definition) is 3. The van der Waals surface area contributed by atoms with Crippen molar-refractivity contribution in [1.29, 1.82) is 0 Å². The molecule has 1 N–H and O–H groups in total. The van der Waals surface area contributed by atoms with Gasteiger partial charge in [0.05, 0.1) is 5.71 Å². The number of rotatable bonds is 3. The fourth-order valence-corrected chi connectivity index (χ4v) is 9.72. The Morgan fingerprint density at radius 3 is 2.57 bits per heavy atom. The molecule has 5 rings (SSSR count). The summed E-state index contributed by atoms with van der Waals surface area (Å²) < 4.78 is 0. The quantitative estimate of drug-likeness (QED) is 0.510. The number of oxime groups is 1. The number of hydrogen-bond donors (Lipinski definition) is 1. The van der Waals surface area contributed by atoms with Crippen molar-refractivity contribution < 1.29 is 4.84 Å². The van der Waals surface area contributed by atoms with Crippen LogP contribution in [0.5, 0.6) is 0 Å². The van der Waals surface area contributed by atoms with Crippen LogP contribution in [0.25, 0.3) is 0 Å². The number of allylic oxidation sites excluding steroid dienone is 2. The second-order valence-electron chi connectivity index (χ2n) is 11.7. The molecule has 0 radical (unpaired) electrons. The van der Waals surface area contributed by atoms with Crippen molar-refractivity contribution >= 4 is 5.71 Å². The first-order chi connectivity index (χ1) is 13.3. The van der Waals surface area contributed by atoms with E-state index in [-0.39, 0.29) is 0 Å². The number of nitrogens with zero attached hydrogens (tertiary/aromatic N) is 1. The summed E-state index contributed by atoms with van der Waals surface area (Å²) >= 11 is 0. The molecular weight excluding hydrogens is 344 g/mol. The van der Waals surface area contributed by atoms with Crippen molar-refractivity contribution in [1.82, 2.24) is 5.32 Å². The summed E-state index contributed by atoms with van der Waals surface area (Å²) in [7, 11) is 3.85. The Hall–Kier alpha value is -0.830. The van der Waals surface area contributed by atoms with Gasteiger partial charge in [-0.3, -0.25) is 0 Å². The summed E-state index contributed by atoms with van der Waals surface area (Å²) in [5, 5.41) is 7.99. The van der Waals surface area contributed by atoms with Crippen molar-refractivity contribution in [3.05, 3.63) is 11.6 Å². The van der Waals surface area contributed by atoms with Gasteiger partial charge in [-0.05, 0) is 110 Å². The van der Waals surface area contributed by atoms with Crippen LogP contribution in [0.2, 0.25) is 0 Å². The molecule has 2 spiro atoms. The molecule has 4 fully saturated rings. The molecule has 0 aliphatic heterocycles. The van der Waals surface area contributed by atoms with E-state index in [1.807, 2.05) is 0 Å². The molecule has 3 heteroatoms. The predicted octanol–water partition coefficient (Wildman–Crippen LogP) is 5.57. The molecular formula is C25H40N2O. The van der Waals surface area contributed by atoms with Gasteiger partial charge in [-0.25, -0.2) is 0 Å². The summed E-state index contributed by atoms with van der Waals surface area (Å²) in [4.78, 5) is 5.13. The molecule has 28 heavy (non-hydrogen) atoms. The zero-order chi connectivity index (χ0) is 19.9. The van der Waals surface area contributed by atoms with Gasteiger partial charge in [0.1, 0.15) is 7.11 Å². The summed E-state index contributed by atoms with van der Waals surface area (Å²) in [6, 6.07) is 0.693. The Balaban J connectivity index is 1.46. The molecule has 0 amide bonds. The highest BCUT2D eigenvalue weighted by Crippen LogP contribution is 2.86. The van der Waals surface area contributed by atoms with Crippen LogP contribution in [0.3, 0.4) is 0 Å². The average Bonchev–Trinajstić information content (AvgIpc) is 3.18. The molecule has 5 aliphatic carbocycles. The van der Waals surface area contributed by atoms with Crippen LogP contribution in [0.1, 0.15) is 79.1 Å². The molecule has 7 unspecified atom stereocenters. The van der Waals surface area contributed by atoms with Gasteiger partial charge in [0.2, 0.25) is 0 Å². The van der Waals surface area contributed by atoms with E-state index in [0.29, 0.717) is 27.7 Å². The summed E-state index contributed by atoms with van der Waals surface area (Å²) in [6.45, 7) is 9.82. The Morgan fingerprint density at radius 2 is 1.86 bits per heavy atom. The van der Waals surface area contributed by atoms with E-state index in [2.05, 4.69) is 51.3 Å². The van der Waals surface area contributed by atoms with E-state index in [1.54, 1.807) is 7.11 Å². The second-order valence-corrected chi connectivity index (χ2v) is 11.7. The monoisotopic (exact) mass is 384 g/mol. The molecule has 7 atom stereocenters. The van der Waals surface area contributed by atoms with Gasteiger partial charge in [-0.2, -0.15) is 0 Å². The largest absolute Gasteiger partial charge is 0.399 e. The molecule has 4 saturated carbocycles. The van der Waals surface area contributed by atoms with Crippen LogP contribution < -0.4 is 5.32 Å². The standard InChI is InChI=1S/C25H40N2O/c1-16(27-28-6)17-7-8-18-19-9-10-20-22(2,3)21(26-5)11-12-25(20)15-24(19,25)14-13-23(17,18)4/h7,18-21,26H,8-15H2,1-6H3/b27-16-. The second kappa shape index (κ2) is 5.86. The normalized spacial score (nSPS) is 51.4. The van der Waals surface area contributed by atoms with Crippen LogP contribution in [0.4, 0.5) is 0 Å². The van der Waals surface area contributed by atoms with Crippen molar-refractivity contribution in [2.75, 3.05) is 14.2 Å². The van der Waals surface area contributed by atoms with Gasteiger partial charge in [-0.15, -0.1) is 0 Å². The van der Waals surface area contributed by atoms with Gasteiger partial charge < -0.3 is 10.2 Å². The van der Waals surface area contributed by atoms with E-state index in [4.69, 9.17) is 4.84 Å². The first-order valence-electron chi connectivity index (χ1n) is 11.7. The molecule has 0 heterocycles. The smallest absolute Gasteiger partial charge is 0.106 e. The Kier molecular flexibility index (Phi) is 4.01. The van der Waals surface area contributed by atoms with E-state index in [9.17, 15) is 0 Å². The first kappa shape index (κ1) is 19.2. The average molecular weight is 385 g/mol. The highest BCUT2D eigenvalue weighted by atomic mass is 16.6. The van der Waals surface area contributed by atoms with Gasteiger partial charge >= 0.3 is 0 Å². The molecule has 0 aromatic carbocycles. The lowest BCUT2D eigenvalue weighted by Gasteiger charge is -2.59. The van der Waals surface area contributed by atoms with E-state index in [1.165, 1.54) is 56.9 Å². The molecule has 3 nitrogen and oxygen atoms in total. The van der Waals surface area contributed by atoms with Gasteiger partial charge in [-0.1, -0.05) is 32.0 Å². The maximum Gasteiger partial charge on any atom is 0.106 e. The Morgan fingerprint density at radius 1 is 1.07 bits per heavy atom. The fraction of sp³-hybridized carbons (Fsp3) is 0.880. The Bertz CT molecular complexity index is 739. The third-order valence-electron chi connectivity index (χ3n) is 10.9. The minimum atomic E-state index is 0.316. The van der Waals surface area contributed by atoms with Crippen LogP contribution in [-0.4, -0.2) is 25.9 Å². The maximum atomic E-state index is 5.13. The van der Waals surface area contributed by atoms with Gasteiger partial charge in [0, 0.05) is 6.04 Å². The van der Waals surface area contributed by atoms with Crippen molar-refractivity contribution in [3.63, 3.8) is 0 Å². The van der Waals surface area contributed by atoms with E-state index in [0.717, 1.165) is 23.5 Å². The number of fused-ring (bicyclic) bond motifs is 2. The van der Waals surface area contributed by atoms with Gasteiger partial charge in [0.25, 0.3) is 0 Å². The zero-order valence-corrected chi connectivity index (χ0v) is 18.9. The lowest BCUT2D eigenvalue weighted by atomic mass is 9.46. The minimum absolute atomic E-state index is 0.316. The van der Waals surface area contributed by atoms with E-state index < -0.39 is 0 Å². The molecule has 0 bridgehead atoms. The minimum Gasteiger partial charge on any atom is -0.399 e. The van der Waals surface area contributed by atoms with Crippen molar-refractivity contribution in [3.8, 4) is 0 Å². The molecule has 0 aromatic rings. The molecule has 0 aromatic heterocycles. The summed E-state index contributed by atoms with van der Waals surface area (Å²) in [6.07, 6.45) is 13.8. The first-order valence-corrected chi connectivity index (χ1v) is 11.7. The third kappa shape index (κ3) is 2.08. The lowest BCUT2D eigenvalue weighted by molar-refractivity contribution is -0.0895. The fourth-order valence-electron chi connectivity index (χ4n) is 9.72. The third-order valence-corrected chi connectivity index (χ3v) is 10.9. The lowest BCUT2D eigenvalue weighted by Crippen LogP contribution is -2.56. The van der Waals surface area contributed by atoms with Crippen LogP contribution in [0, 0.1) is 39.4 Å². The van der Waals surface area contributed by atoms with Crippen molar-refractivity contribution in [2.24, 2.45) is 44.6 Å². The summed E-state index contributed by atoms with van der Waals surface area (Å²) in [5.74, 6) is 2.66. The van der Waals surface area contributed by atoms with Crippen LogP contribution in [-0.2, 0) is 4.84 Å². The summed E-state index contributed by atoms with van der Waals surface area (Å²) in [5.41, 5.74) is 4.67. The van der Waals surface area contributed by atoms with E-state index >= 15 is 0 Å². The highest BCUT2D eigenvalue weighted by molar-refractivity contribution is 5.99. The Labute approximate surface area is 171 Å². The molecule has 156 valence electrons. The zero-order valence-electron chi connectivity index (χ0n) is 18.9. The topological polar surface area (TPSA) is 33.6 Å². The molecule has 5 aliphatic rings. The number of nitrogens with one attached hydrogen (secondary N) is 1. The predicted molar refractivity (Wildman–Crippen MR) is 115 cm³/mol. The van der Waals surface area contributed by atoms with Crippen LogP contribution >= 0.6 is 0 Å².